The van der Waals surface area contributed by atoms with E-state index in [0.29, 0.717) is 5.92 Å². The van der Waals surface area contributed by atoms with E-state index in [2.05, 4.69) is 71.0 Å². The Labute approximate surface area is 156 Å². The first-order valence-electron chi connectivity index (χ1n) is 8.63. The number of nitrogens with zero attached hydrogens (tertiary/aromatic N) is 2. The fourth-order valence-electron chi connectivity index (χ4n) is 2.81. The molecule has 0 atom stereocenters. The number of rotatable bonds is 2. The van der Waals surface area contributed by atoms with E-state index in [1.807, 2.05) is 0 Å². The molecule has 4 aromatic rings. The van der Waals surface area contributed by atoms with Crippen LogP contribution >= 0.6 is 22.7 Å². The van der Waals surface area contributed by atoms with E-state index in [1.165, 1.54) is 20.0 Å². The SMILES string of the molecule is CC(C)c1ccc2nc(-c3ccc4sc(C(C)(C)C)nc4c3)sc2c1. The molecule has 0 amide bonds. The number of benzene rings is 2. The highest BCUT2D eigenvalue weighted by atomic mass is 32.1. The van der Waals surface area contributed by atoms with Crippen LogP contribution in [-0.2, 0) is 5.41 Å². The van der Waals surface area contributed by atoms with Gasteiger partial charge in [0, 0.05) is 11.0 Å². The monoisotopic (exact) mass is 366 g/mol. The maximum Gasteiger partial charge on any atom is 0.124 e. The van der Waals surface area contributed by atoms with Crippen LogP contribution in [-0.4, -0.2) is 9.97 Å². The Bertz CT molecular complexity index is 1060. The molecule has 0 spiro atoms. The van der Waals surface area contributed by atoms with Gasteiger partial charge in [-0.1, -0.05) is 46.8 Å². The molecule has 2 aromatic carbocycles. The predicted molar refractivity (Wildman–Crippen MR) is 111 cm³/mol. The van der Waals surface area contributed by atoms with Gasteiger partial charge in [-0.25, -0.2) is 9.97 Å². The van der Waals surface area contributed by atoms with Crippen LogP contribution in [0.3, 0.4) is 0 Å². The highest BCUT2D eigenvalue weighted by Gasteiger charge is 2.19. The predicted octanol–water partition coefficient (Wildman–Crippen LogP) is 6.99. The van der Waals surface area contributed by atoms with Crippen LogP contribution in [0.1, 0.15) is 51.1 Å². The first-order valence-corrected chi connectivity index (χ1v) is 10.3. The minimum Gasteiger partial charge on any atom is -0.241 e. The van der Waals surface area contributed by atoms with Gasteiger partial charge >= 0.3 is 0 Å². The first-order chi connectivity index (χ1) is 11.8. The number of fused-ring (bicyclic) bond motifs is 2. The highest BCUT2D eigenvalue weighted by Crippen LogP contribution is 2.36. The third-order valence-electron chi connectivity index (χ3n) is 4.36. The van der Waals surface area contributed by atoms with Crippen molar-refractivity contribution in [3.8, 4) is 10.6 Å². The molecule has 0 aliphatic heterocycles. The summed E-state index contributed by atoms with van der Waals surface area (Å²) < 4.78 is 2.51. The molecule has 2 nitrogen and oxygen atoms in total. The molecule has 0 unspecified atom stereocenters. The summed E-state index contributed by atoms with van der Waals surface area (Å²) in [6, 6.07) is 13.2. The van der Waals surface area contributed by atoms with Crippen LogP contribution in [0.5, 0.6) is 0 Å². The highest BCUT2D eigenvalue weighted by molar-refractivity contribution is 7.21. The standard InChI is InChI=1S/C21H22N2S2/c1-12(2)13-6-8-15-18(11-13)24-19(22-15)14-7-9-17-16(10-14)23-20(25-17)21(3,4)5/h6-12H,1-5H3. The third kappa shape index (κ3) is 3.09. The van der Waals surface area contributed by atoms with Crippen molar-refractivity contribution in [1.29, 1.82) is 0 Å². The minimum atomic E-state index is 0.0902. The minimum absolute atomic E-state index is 0.0902. The van der Waals surface area contributed by atoms with Crippen molar-refractivity contribution in [3.05, 3.63) is 47.0 Å². The molecule has 4 heteroatoms. The molecule has 128 valence electrons. The van der Waals surface area contributed by atoms with Crippen molar-refractivity contribution in [3.63, 3.8) is 0 Å². The smallest absolute Gasteiger partial charge is 0.124 e. The Kier molecular flexibility index (Phi) is 3.93. The van der Waals surface area contributed by atoms with Crippen LogP contribution in [0.15, 0.2) is 36.4 Å². The number of hydrogen-bond donors (Lipinski definition) is 0. The van der Waals surface area contributed by atoms with Crippen molar-refractivity contribution in [2.45, 2.75) is 46.0 Å². The van der Waals surface area contributed by atoms with Gasteiger partial charge in [0.15, 0.2) is 0 Å². The van der Waals surface area contributed by atoms with Gasteiger partial charge in [0.2, 0.25) is 0 Å². The molecule has 2 heterocycles. The van der Waals surface area contributed by atoms with E-state index in [-0.39, 0.29) is 5.41 Å². The molecule has 25 heavy (non-hydrogen) atoms. The van der Waals surface area contributed by atoms with E-state index in [1.54, 1.807) is 22.7 Å². The largest absolute Gasteiger partial charge is 0.241 e. The van der Waals surface area contributed by atoms with Gasteiger partial charge in [-0.05, 0) is 35.7 Å². The molecule has 4 rings (SSSR count). The number of thiazole rings is 2. The van der Waals surface area contributed by atoms with Crippen molar-refractivity contribution < 1.29 is 0 Å². The fourth-order valence-corrected chi connectivity index (χ4v) is 4.82. The molecule has 0 N–H and O–H groups in total. The Morgan fingerprint density at radius 3 is 2.36 bits per heavy atom. The maximum absolute atomic E-state index is 4.86. The summed E-state index contributed by atoms with van der Waals surface area (Å²) >= 11 is 3.56. The van der Waals surface area contributed by atoms with Gasteiger partial charge in [0.25, 0.3) is 0 Å². The normalized spacial score (nSPS) is 12.6. The van der Waals surface area contributed by atoms with Gasteiger partial charge in [-0.2, -0.15) is 0 Å². The third-order valence-corrected chi connectivity index (χ3v) is 6.88. The second kappa shape index (κ2) is 5.89. The summed E-state index contributed by atoms with van der Waals surface area (Å²) in [4.78, 5) is 9.70. The summed E-state index contributed by atoms with van der Waals surface area (Å²) in [6.45, 7) is 11.1. The second-order valence-corrected chi connectivity index (χ2v) is 9.91. The average Bonchev–Trinajstić information content (AvgIpc) is 3.16. The Hall–Kier alpha value is -1.78. The van der Waals surface area contributed by atoms with E-state index < -0.39 is 0 Å². The zero-order valence-corrected chi connectivity index (χ0v) is 16.9. The molecule has 0 aliphatic carbocycles. The zero-order chi connectivity index (χ0) is 17.8. The summed E-state index contributed by atoms with van der Waals surface area (Å²) in [5.74, 6) is 0.539. The maximum atomic E-state index is 4.86. The van der Waals surface area contributed by atoms with Crippen LogP contribution in [0.2, 0.25) is 0 Å². The van der Waals surface area contributed by atoms with Crippen LogP contribution in [0, 0.1) is 0 Å². The lowest BCUT2D eigenvalue weighted by molar-refractivity contribution is 0.587. The molecule has 0 saturated heterocycles. The number of hydrogen-bond acceptors (Lipinski definition) is 4. The van der Waals surface area contributed by atoms with Crippen molar-refractivity contribution in [2.75, 3.05) is 0 Å². The van der Waals surface area contributed by atoms with Crippen molar-refractivity contribution in [2.24, 2.45) is 0 Å². The Morgan fingerprint density at radius 1 is 0.840 bits per heavy atom. The average molecular weight is 367 g/mol. The number of aromatic nitrogens is 2. The molecule has 0 radical (unpaired) electrons. The molecular formula is C21H22N2S2. The molecule has 0 fully saturated rings. The van der Waals surface area contributed by atoms with Crippen LogP contribution in [0.4, 0.5) is 0 Å². The zero-order valence-electron chi connectivity index (χ0n) is 15.3. The first kappa shape index (κ1) is 16.7. The van der Waals surface area contributed by atoms with E-state index in [4.69, 9.17) is 9.97 Å². The summed E-state index contributed by atoms with van der Waals surface area (Å²) in [6.07, 6.45) is 0. The summed E-state index contributed by atoms with van der Waals surface area (Å²) in [5, 5.41) is 2.26. The molecule has 2 aromatic heterocycles. The lowest BCUT2D eigenvalue weighted by atomic mass is 9.98. The van der Waals surface area contributed by atoms with E-state index in [0.717, 1.165) is 21.6 Å². The lowest BCUT2D eigenvalue weighted by Crippen LogP contribution is -2.09. The van der Waals surface area contributed by atoms with Gasteiger partial charge < -0.3 is 0 Å². The lowest BCUT2D eigenvalue weighted by Gasteiger charge is -2.13. The summed E-state index contributed by atoms with van der Waals surface area (Å²) in [7, 11) is 0. The van der Waals surface area contributed by atoms with Crippen LogP contribution in [0.25, 0.3) is 31.0 Å². The summed E-state index contributed by atoms with van der Waals surface area (Å²) in [5.41, 5.74) is 4.78. The van der Waals surface area contributed by atoms with Gasteiger partial charge in [0.05, 0.1) is 25.4 Å². The topological polar surface area (TPSA) is 25.8 Å². The van der Waals surface area contributed by atoms with Crippen molar-refractivity contribution in [1.82, 2.24) is 9.97 Å². The second-order valence-electron chi connectivity index (χ2n) is 7.85. The van der Waals surface area contributed by atoms with Gasteiger partial charge in [-0.15, -0.1) is 22.7 Å². The Morgan fingerprint density at radius 2 is 1.64 bits per heavy atom. The van der Waals surface area contributed by atoms with Crippen molar-refractivity contribution >= 4 is 43.1 Å². The van der Waals surface area contributed by atoms with Gasteiger partial charge in [0.1, 0.15) is 5.01 Å². The molecule has 0 bridgehead atoms. The molecular weight excluding hydrogens is 344 g/mol. The quantitative estimate of drug-likeness (QED) is 0.382. The van der Waals surface area contributed by atoms with E-state index >= 15 is 0 Å². The van der Waals surface area contributed by atoms with E-state index in [9.17, 15) is 0 Å². The van der Waals surface area contributed by atoms with Crippen LogP contribution < -0.4 is 0 Å². The van der Waals surface area contributed by atoms with Gasteiger partial charge in [-0.3, -0.25) is 0 Å². The molecule has 0 saturated carbocycles. The Balaban J connectivity index is 1.79. The molecule has 0 aliphatic rings. The fraction of sp³-hybridized carbons (Fsp3) is 0.333.